The second kappa shape index (κ2) is 5.56. The van der Waals surface area contributed by atoms with E-state index in [9.17, 15) is 9.18 Å². The summed E-state index contributed by atoms with van der Waals surface area (Å²) in [7, 11) is 0. The molecule has 0 radical (unpaired) electrons. The average Bonchev–Trinajstić information content (AvgIpc) is 2.50. The number of hydrogen-bond donors (Lipinski definition) is 2. The Balaban J connectivity index is 1.85. The SMILES string of the molecule is Nc1ccc(F)cc1NC(=O)C1CCCc2ccccc21. The summed E-state index contributed by atoms with van der Waals surface area (Å²) >= 11 is 0. The fraction of sp³-hybridized carbons (Fsp3) is 0.235. The molecule has 0 heterocycles. The average molecular weight is 284 g/mol. The molecule has 0 aromatic heterocycles. The lowest BCUT2D eigenvalue weighted by atomic mass is 9.82. The molecule has 1 unspecified atom stereocenters. The molecule has 1 atom stereocenters. The normalized spacial score (nSPS) is 17.1. The van der Waals surface area contributed by atoms with Crippen molar-refractivity contribution >= 4 is 17.3 Å². The Kier molecular flexibility index (Phi) is 3.60. The van der Waals surface area contributed by atoms with Crippen molar-refractivity contribution in [3.63, 3.8) is 0 Å². The van der Waals surface area contributed by atoms with E-state index in [0.717, 1.165) is 24.8 Å². The van der Waals surface area contributed by atoms with E-state index < -0.39 is 5.82 Å². The van der Waals surface area contributed by atoms with Crippen LogP contribution in [-0.4, -0.2) is 5.91 Å². The van der Waals surface area contributed by atoms with Gasteiger partial charge in [0.2, 0.25) is 5.91 Å². The van der Waals surface area contributed by atoms with Gasteiger partial charge in [-0.3, -0.25) is 4.79 Å². The number of rotatable bonds is 2. The molecule has 3 rings (SSSR count). The molecular formula is C17H17FN2O. The van der Waals surface area contributed by atoms with Gasteiger partial charge in [-0.1, -0.05) is 24.3 Å². The van der Waals surface area contributed by atoms with Crippen LogP contribution in [-0.2, 0) is 11.2 Å². The monoisotopic (exact) mass is 284 g/mol. The maximum absolute atomic E-state index is 13.3. The highest BCUT2D eigenvalue weighted by molar-refractivity contribution is 5.98. The molecule has 3 nitrogen and oxygen atoms in total. The standard InChI is InChI=1S/C17H17FN2O/c18-12-8-9-15(19)16(10-12)20-17(21)14-7-3-5-11-4-1-2-6-13(11)14/h1-2,4,6,8-10,14H,3,5,7,19H2,(H,20,21). The molecule has 1 amide bonds. The van der Waals surface area contributed by atoms with E-state index >= 15 is 0 Å². The van der Waals surface area contributed by atoms with Crippen LogP contribution >= 0.6 is 0 Å². The molecule has 4 heteroatoms. The van der Waals surface area contributed by atoms with Gasteiger partial charge in [0.15, 0.2) is 0 Å². The number of aryl methyl sites for hydroxylation is 1. The minimum atomic E-state index is -0.413. The third kappa shape index (κ3) is 2.75. The highest BCUT2D eigenvalue weighted by atomic mass is 19.1. The predicted molar refractivity (Wildman–Crippen MR) is 81.6 cm³/mol. The van der Waals surface area contributed by atoms with Crippen LogP contribution in [0.4, 0.5) is 15.8 Å². The molecule has 1 aliphatic carbocycles. The summed E-state index contributed by atoms with van der Waals surface area (Å²) in [6, 6.07) is 12.0. The molecule has 0 saturated carbocycles. The highest BCUT2D eigenvalue weighted by Crippen LogP contribution is 2.33. The van der Waals surface area contributed by atoms with Crippen LogP contribution in [0.3, 0.4) is 0 Å². The first-order valence-corrected chi connectivity index (χ1v) is 7.09. The van der Waals surface area contributed by atoms with Crippen molar-refractivity contribution in [2.24, 2.45) is 0 Å². The first kappa shape index (κ1) is 13.6. The Morgan fingerprint density at radius 3 is 2.90 bits per heavy atom. The van der Waals surface area contributed by atoms with Crippen molar-refractivity contribution in [1.29, 1.82) is 0 Å². The zero-order valence-corrected chi connectivity index (χ0v) is 11.6. The quantitative estimate of drug-likeness (QED) is 0.830. The van der Waals surface area contributed by atoms with Crippen LogP contribution < -0.4 is 11.1 Å². The molecule has 0 bridgehead atoms. The van der Waals surface area contributed by atoms with Gasteiger partial charge in [-0.25, -0.2) is 4.39 Å². The van der Waals surface area contributed by atoms with Crippen molar-refractivity contribution < 1.29 is 9.18 Å². The van der Waals surface area contributed by atoms with E-state index in [1.165, 1.54) is 23.8 Å². The lowest BCUT2D eigenvalue weighted by molar-refractivity contribution is -0.117. The topological polar surface area (TPSA) is 55.1 Å². The lowest BCUT2D eigenvalue weighted by Crippen LogP contribution is -2.25. The number of carbonyl (C=O) groups excluding carboxylic acids is 1. The Hall–Kier alpha value is -2.36. The summed E-state index contributed by atoms with van der Waals surface area (Å²) in [6.07, 6.45) is 2.79. The third-order valence-electron chi connectivity index (χ3n) is 3.96. The molecule has 0 saturated heterocycles. The Labute approximate surface area is 123 Å². The van der Waals surface area contributed by atoms with Gasteiger partial charge in [0, 0.05) is 0 Å². The van der Waals surface area contributed by atoms with Gasteiger partial charge < -0.3 is 11.1 Å². The van der Waals surface area contributed by atoms with E-state index in [1.54, 1.807) is 0 Å². The maximum atomic E-state index is 13.3. The minimum Gasteiger partial charge on any atom is -0.397 e. The number of nitrogens with one attached hydrogen (secondary N) is 1. The van der Waals surface area contributed by atoms with Crippen LogP contribution in [0, 0.1) is 5.82 Å². The van der Waals surface area contributed by atoms with Crippen LogP contribution in [0.2, 0.25) is 0 Å². The van der Waals surface area contributed by atoms with Crippen molar-refractivity contribution in [3.05, 3.63) is 59.4 Å². The smallest absolute Gasteiger partial charge is 0.231 e. The molecule has 2 aromatic carbocycles. The summed E-state index contributed by atoms with van der Waals surface area (Å²) < 4.78 is 13.3. The molecule has 1 aliphatic rings. The van der Waals surface area contributed by atoms with Gasteiger partial charge >= 0.3 is 0 Å². The Bertz CT molecular complexity index is 684. The molecular weight excluding hydrogens is 267 g/mol. The van der Waals surface area contributed by atoms with Crippen molar-refractivity contribution in [2.45, 2.75) is 25.2 Å². The van der Waals surface area contributed by atoms with Gasteiger partial charge in [0.05, 0.1) is 17.3 Å². The molecule has 0 spiro atoms. The number of halogens is 1. The summed E-state index contributed by atoms with van der Waals surface area (Å²) in [4.78, 5) is 12.5. The molecule has 21 heavy (non-hydrogen) atoms. The lowest BCUT2D eigenvalue weighted by Gasteiger charge is -2.24. The second-order valence-corrected chi connectivity index (χ2v) is 5.36. The van der Waals surface area contributed by atoms with Gasteiger partial charge in [-0.15, -0.1) is 0 Å². The fourth-order valence-electron chi connectivity index (χ4n) is 2.88. The Morgan fingerprint density at radius 1 is 1.24 bits per heavy atom. The van der Waals surface area contributed by atoms with E-state index in [0.29, 0.717) is 11.4 Å². The van der Waals surface area contributed by atoms with Crippen molar-refractivity contribution in [1.82, 2.24) is 0 Å². The number of hydrogen-bond acceptors (Lipinski definition) is 2. The first-order valence-electron chi connectivity index (χ1n) is 7.09. The zero-order valence-electron chi connectivity index (χ0n) is 11.6. The van der Waals surface area contributed by atoms with Gasteiger partial charge in [-0.05, 0) is 48.6 Å². The van der Waals surface area contributed by atoms with Crippen molar-refractivity contribution in [3.8, 4) is 0 Å². The van der Waals surface area contributed by atoms with Crippen LogP contribution in [0.15, 0.2) is 42.5 Å². The minimum absolute atomic E-state index is 0.126. The second-order valence-electron chi connectivity index (χ2n) is 5.36. The summed E-state index contributed by atoms with van der Waals surface area (Å²) in [5.74, 6) is -0.736. The van der Waals surface area contributed by atoms with Crippen LogP contribution in [0.5, 0.6) is 0 Å². The van der Waals surface area contributed by atoms with Crippen LogP contribution in [0.25, 0.3) is 0 Å². The molecule has 2 aromatic rings. The Morgan fingerprint density at radius 2 is 2.05 bits per heavy atom. The molecule has 0 aliphatic heterocycles. The molecule has 108 valence electrons. The van der Waals surface area contributed by atoms with Gasteiger partial charge in [0.25, 0.3) is 0 Å². The number of nitrogen functional groups attached to an aromatic ring is 1. The van der Waals surface area contributed by atoms with Gasteiger partial charge in [0.1, 0.15) is 5.82 Å². The van der Waals surface area contributed by atoms with Crippen LogP contribution in [0.1, 0.15) is 29.9 Å². The molecule has 3 N–H and O–H groups in total. The van der Waals surface area contributed by atoms with E-state index in [-0.39, 0.29) is 11.8 Å². The first-order chi connectivity index (χ1) is 10.1. The molecule has 0 fully saturated rings. The largest absolute Gasteiger partial charge is 0.397 e. The zero-order chi connectivity index (χ0) is 14.8. The number of nitrogens with two attached hydrogens (primary N) is 1. The fourth-order valence-corrected chi connectivity index (χ4v) is 2.88. The number of anilines is 2. The highest BCUT2D eigenvalue weighted by Gasteiger charge is 2.26. The predicted octanol–water partition coefficient (Wildman–Crippen LogP) is 3.47. The summed E-state index contributed by atoms with van der Waals surface area (Å²) in [6.45, 7) is 0. The third-order valence-corrected chi connectivity index (χ3v) is 3.96. The van der Waals surface area contributed by atoms with Crippen molar-refractivity contribution in [2.75, 3.05) is 11.1 Å². The number of benzene rings is 2. The maximum Gasteiger partial charge on any atom is 0.231 e. The number of carbonyl (C=O) groups is 1. The van der Waals surface area contributed by atoms with Gasteiger partial charge in [-0.2, -0.15) is 0 Å². The summed E-state index contributed by atoms with van der Waals surface area (Å²) in [5, 5.41) is 2.76. The summed E-state index contributed by atoms with van der Waals surface area (Å²) in [5.41, 5.74) is 8.77. The number of amides is 1. The van der Waals surface area contributed by atoms with E-state index in [2.05, 4.69) is 11.4 Å². The van der Waals surface area contributed by atoms with E-state index in [4.69, 9.17) is 5.73 Å². The van der Waals surface area contributed by atoms with E-state index in [1.807, 2.05) is 18.2 Å². The number of fused-ring (bicyclic) bond motifs is 1.